The molecule has 6 nitrogen and oxygen atoms in total. The molecule has 0 atom stereocenters. The first kappa shape index (κ1) is 19.1. The zero-order valence-corrected chi connectivity index (χ0v) is 15.8. The molecule has 4 aromatic rings. The van der Waals surface area contributed by atoms with Crippen molar-refractivity contribution < 1.29 is 22.4 Å². The summed E-state index contributed by atoms with van der Waals surface area (Å²) < 4.78 is 39.2. The summed E-state index contributed by atoms with van der Waals surface area (Å²) in [6.07, 6.45) is 2.74. The summed E-state index contributed by atoms with van der Waals surface area (Å²) in [4.78, 5) is 12.3. The minimum absolute atomic E-state index is 0.00974. The molecule has 0 aliphatic carbocycles. The van der Waals surface area contributed by atoms with Crippen molar-refractivity contribution in [3.05, 3.63) is 77.1 Å². The fraction of sp³-hybridized carbons (Fsp3) is 0. The van der Waals surface area contributed by atoms with Crippen LogP contribution in [0.2, 0.25) is 5.02 Å². The highest BCUT2D eigenvalue weighted by Gasteiger charge is 2.30. The van der Waals surface area contributed by atoms with E-state index in [1.807, 2.05) is 0 Å². The van der Waals surface area contributed by atoms with Gasteiger partial charge in [0.15, 0.2) is 5.76 Å². The molecule has 29 heavy (non-hydrogen) atoms. The van der Waals surface area contributed by atoms with Crippen molar-refractivity contribution in [3.63, 3.8) is 0 Å². The monoisotopic (exact) mass is 435 g/mol. The highest BCUT2D eigenvalue weighted by Crippen LogP contribution is 2.37. The number of carbonyl (C=O) groups is 1. The summed E-state index contributed by atoms with van der Waals surface area (Å²) in [6.45, 7) is 0. The van der Waals surface area contributed by atoms with Crippen molar-refractivity contribution in [2.75, 3.05) is 0 Å². The SMILES string of the molecule is O=C(OCl)c1c(-c2c(F)cccc2Cl)noc1-c1cnn(-c2ccccc2F)c1. The van der Waals surface area contributed by atoms with Crippen molar-refractivity contribution in [1.29, 1.82) is 0 Å². The van der Waals surface area contributed by atoms with Gasteiger partial charge in [-0.3, -0.25) is 0 Å². The van der Waals surface area contributed by atoms with Crippen molar-refractivity contribution >= 4 is 29.4 Å². The van der Waals surface area contributed by atoms with E-state index in [2.05, 4.69) is 14.5 Å². The smallest absolute Gasteiger partial charge is 0.355 e. The number of hydrogen-bond donors (Lipinski definition) is 0. The highest BCUT2D eigenvalue weighted by atomic mass is 35.5. The number of halogens is 4. The first-order valence-electron chi connectivity index (χ1n) is 8.08. The molecule has 0 bridgehead atoms. The molecule has 0 spiro atoms. The lowest BCUT2D eigenvalue weighted by Gasteiger charge is -2.04. The van der Waals surface area contributed by atoms with Crippen molar-refractivity contribution in [2.45, 2.75) is 0 Å². The van der Waals surface area contributed by atoms with E-state index >= 15 is 0 Å². The fourth-order valence-corrected chi connectivity index (χ4v) is 3.15. The molecule has 0 aliphatic rings. The quantitative estimate of drug-likeness (QED) is 0.426. The molecule has 0 fully saturated rings. The summed E-state index contributed by atoms with van der Waals surface area (Å²) in [7, 11) is 0. The number of nitrogens with zero attached hydrogens (tertiary/aromatic N) is 3. The van der Waals surface area contributed by atoms with Crippen LogP contribution < -0.4 is 0 Å². The maximum Gasteiger partial charge on any atom is 0.362 e. The average molecular weight is 436 g/mol. The van der Waals surface area contributed by atoms with E-state index in [4.69, 9.17) is 28.0 Å². The molecule has 0 N–H and O–H groups in total. The van der Waals surface area contributed by atoms with Gasteiger partial charge in [-0.05, 0) is 24.3 Å². The zero-order valence-electron chi connectivity index (χ0n) is 14.3. The molecule has 0 saturated carbocycles. The number of para-hydroxylation sites is 1. The third-order valence-corrected chi connectivity index (χ3v) is 4.57. The Morgan fingerprint density at radius 1 is 1.10 bits per heavy atom. The maximum atomic E-state index is 14.4. The van der Waals surface area contributed by atoms with Crippen LogP contribution in [-0.4, -0.2) is 20.9 Å². The van der Waals surface area contributed by atoms with E-state index in [-0.39, 0.29) is 38.9 Å². The average Bonchev–Trinajstić information content (AvgIpc) is 3.35. The van der Waals surface area contributed by atoms with Crippen LogP contribution in [0.5, 0.6) is 0 Å². The van der Waals surface area contributed by atoms with Crippen LogP contribution in [0.3, 0.4) is 0 Å². The predicted octanol–water partition coefficient (Wildman–Crippen LogP) is 5.44. The maximum absolute atomic E-state index is 14.4. The normalized spacial score (nSPS) is 10.9. The Hall–Kier alpha value is -3.23. The third kappa shape index (κ3) is 3.37. The number of benzene rings is 2. The van der Waals surface area contributed by atoms with Gasteiger partial charge in [0.25, 0.3) is 0 Å². The van der Waals surface area contributed by atoms with E-state index in [1.165, 1.54) is 41.3 Å². The van der Waals surface area contributed by atoms with Crippen molar-refractivity contribution in [3.8, 4) is 28.3 Å². The van der Waals surface area contributed by atoms with Crippen LogP contribution in [-0.2, 0) is 4.29 Å². The van der Waals surface area contributed by atoms with Crippen LogP contribution in [0.15, 0.2) is 59.4 Å². The molecule has 0 aliphatic heterocycles. The molecular weight excluding hydrogens is 427 g/mol. The Balaban J connectivity index is 1.87. The molecule has 10 heteroatoms. The van der Waals surface area contributed by atoms with Gasteiger partial charge in [0, 0.05) is 6.20 Å². The summed E-state index contributed by atoms with van der Waals surface area (Å²) in [5.41, 5.74) is -0.149. The van der Waals surface area contributed by atoms with Crippen LogP contribution >= 0.6 is 23.5 Å². The van der Waals surface area contributed by atoms with Gasteiger partial charge in [0.1, 0.15) is 40.4 Å². The van der Waals surface area contributed by atoms with Gasteiger partial charge in [-0.15, -0.1) is 0 Å². The van der Waals surface area contributed by atoms with Crippen molar-refractivity contribution in [1.82, 2.24) is 14.9 Å². The zero-order chi connectivity index (χ0) is 20.5. The molecular formula is C19H9Cl2F2N3O3. The van der Waals surface area contributed by atoms with Crippen LogP contribution in [0.25, 0.3) is 28.3 Å². The van der Waals surface area contributed by atoms with E-state index in [1.54, 1.807) is 12.1 Å². The minimum atomic E-state index is -1.03. The summed E-state index contributed by atoms with van der Waals surface area (Å²) >= 11 is 11.3. The Bertz CT molecular complexity index is 1200. The molecule has 146 valence electrons. The van der Waals surface area contributed by atoms with Crippen LogP contribution in [0.4, 0.5) is 8.78 Å². The van der Waals surface area contributed by atoms with Gasteiger partial charge < -0.3 is 8.81 Å². The van der Waals surface area contributed by atoms with Crippen LogP contribution in [0, 0.1) is 11.6 Å². The first-order chi connectivity index (χ1) is 14.0. The number of rotatable bonds is 4. The third-order valence-electron chi connectivity index (χ3n) is 4.11. The van der Waals surface area contributed by atoms with Gasteiger partial charge in [-0.2, -0.15) is 5.10 Å². The first-order valence-corrected chi connectivity index (χ1v) is 8.77. The molecule has 0 unspecified atom stereocenters. The fourth-order valence-electron chi connectivity index (χ4n) is 2.82. The lowest BCUT2D eigenvalue weighted by molar-refractivity contribution is 0.0752. The molecule has 0 saturated heterocycles. The Morgan fingerprint density at radius 3 is 2.59 bits per heavy atom. The van der Waals surface area contributed by atoms with Gasteiger partial charge in [-0.25, -0.2) is 18.3 Å². The minimum Gasteiger partial charge on any atom is -0.355 e. The Kier molecular flexibility index (Phi) is 5.04. The van der Waals surface area contributed by atoms with Gasteiger partial charge in [0.05, 0.1) is 22.3 Å². The topological polar surface area (TPSA) is 70.2 Å². The van der Waals surface area contributed by atoms with E-state index in [0.29, 0.717) is 0 Å². The second kappa shape index (κ2) is 7.65. The van der Waals surface area contributed by atoms with E-state index in [9.17, 15) is 13.6 Å². The predicted molar refractivity (Wildman–Crippen MR) is 101 cm³/mol. The second-order valence-electron chi connectivity index (χ2n) is 5.82. The molecule has 0 amide bonds. The highest BCUT2D eigenvalue weighted by molar-refractivity contribution is 6.33. The van der Waals surface area contributed by atoms with Crippen molar-refractivity contribution in [2.24, 2.45) is 0 Å². The summed E-state index contributed by atoms with van der Waals surface area (Å²) in [5, 5.41) is 7.86. The number of aromatic nitrogens is 3. The Labute approximate surface area is 172 Å². The Morgan fingerprint density at radius 2 is 1.86 bits per heavy atom. The molecule has 4 rings (SSSR count). The summed E-state index contributed by atoms with van der Waals surface area (Å²) in [6, 6.07) is 9.97. The number of carbonyl (C=O) groups excluding carboxylic acids is 1. The molecule has 2 heterocycles. The molecule has 0 radical (unpaired) electrons. The van der Waals surface area contributed by atoms with E-state index < -0.39 is 17.6 Å². The summed E-state index contributed by atoms with van der Waals surface area (Å²) in [5.74, 6) is -2.34. The van der Waals surface area contributed by atoms with E-state index in [0.717, 1.165) is 6.07 Å². The largest absolute Gasteiger partial charge is 0.362 e. The number of hydrogen-bond acceptors (Lipinski definition) is 5. The van der Waals surface area contributed by atoms with Crippen LogP contribution in [0.1, 0.15) is 10.4 Å². The second-order valence-corrected chi connectivity index (χ2v) is 6.38. The lowest BCUT2D eigenvalue weighted by Crippen LogP contribution is -2.02. The standard InChI is InChI=1S/C19H9Cl2F2N3O3/c20-11-4-3-6-13(23)15(11)17-16(19(27)28-21)18(29-25-17)10-8-24-26(9-10)14-7-2-1-5-12(14)22/h1-9H. The van der Waals surface area contributed by atoms with Gasteiger partial charge in [0.2, 0.25) is 0 Å². The van der Waals surface area contributed by atoms with Gasteiger partial charge in [-0.1, -0.05) is 35.0 Å². The molecule has 2 aromatic carbocycles. The van der Waals surface area contributed by atoms with Gasteiger partial charge >= 0.3 is 5.97 Å². The lowest BCUT2D eigenvalue weighted by atomic mass is 10.0. The molecule has 2 aromatic heterocycles.